The zero-order chi connectivity index (χ0) is 21.1. The van der Waals surface area contributed by atoms with Crippen molar-refractivity contribution in [3.05, 3.63) is 81.3 Å². The van der Waals surface area contributed by atoms with Gasteiger partial charge in [0.25, 0.3) is 11.8 Å². The van der Waals surface area contributed by atoms with Crippen LogP contribution in [0.1, 0.15) is 25.7 Å². The van der Waals surface area contributed by atoms with Crippen LogP contribution in [-0.2, 0) is 0 Å². The first-order chi connectivity index (χ1) is 14.5. The maximum absolute atomic E-state index is 12.7. The molecule has 150 valence electrons. The predicted molar refractivity (Wildman–Crippen MR) is 122 cm³/mol. The van der Waals surface area contributed by atoms with Crippen LogP contribution in [0.3, 0.4) is 0 Å². The topological polar surface area (TPSA) is 84.0 Å². The third-order valence-corrected chi connectivity index (χ3v) is 6.26. The molecule has 2 heterocycles. The summed E-state index contributed by atoms with van der Waals surface area (Å²) in [5.41, 5.74) is 2.57. The second-order valence-electron chi connectivity index (χ2n) is 6.27. The van der Waals surface area contributed by atoms with Crippen molar-refractivity contribution < 1.29 is 9.59 Å². The third kappa shape index (κ3) is 4.56. The maximum atomic E-state index is 12.7. The third-order valence-electron chi connectivity index (χ3n) is 4.13. The van der Waals surface area contributed by atoms with E-state index in [0.717, 1.165) is 10.6 Å². The van der Waals surface area contributed by atoms with Gasteiger partial charge >= 0.3 is 0 Å². The number of thiazole rings is 2. The van der Waals surface area contributed by atoms with Crippen LogP contribution >= 0.6 is 34.3 Å². The van der Waals surface area contributed by atoms with Gasteiger partial charge < -0.3 is 5.32 Å². The Bertz CT molecular complexity index is 1200. The minimum Gasteiger partial charge on any atom is -0.321 e. The number of rotatable bonds is 5. The molecule has 9 heteroatoms. The fourth-order valence-corrected chi connectivity index (χ4v) is 4.37. The summed E-state index contributed by atoms with van der Waals surface area (Å²) in [7, 11) is 0. The molecule has 2 amide bonds. The summed E-state index contributed by atoms with van der Waals surface area (Å²) >= 11 is 8.70. The van der Waals surface area contributed by atoms with E-state index in [1.165, 1.54) is 22.7 Å². The van der Waals surface area contributed by atoms with Crippen molar-refractivity contribution in [3.63, 3.8) is 0 Å². The standard InChI is InChI=1S/C21H15ClN4O2S2/c1-12-17(30-20(24-12)14-3-2-4-15(22)11-14)19(28)25-16-7-5-13(6-8-16)18(27)26-21-23-9-10-29-21/h2-11H,1H3,(H,25,28)(H,23,26,27). The molecule has 0 radical (unpaired) electrons. The lowest BCUT2D eigenvalue weighted by Gasteiger charge is -2.06. The van der Waals surface area contributed by atoms with E-state index in [-0.39, 0.29) is 11.8 Å². The number of halogens is 1. The Kier molecular flexibility index (Phi) is 5.89. The second kappa shape index (κ2) is 8.74. The van der Waals surface area contributed by atoms with Crippen LogP contribution in [0.25, 0.3) is 10.6 Å². The fourth-order valence-electron chi connectivity index (χ4n) is 2.70. The van der Waals surface area contributed by atoms with Crippen LogP contribution in [-0.4, -0.2) is 21.8 Å². The van der Waals surface area contributed by atoms with Crippen LogP contribution in [0, 0.1) is 6.92 Å². The number of nitrogens with one attached hydrogen (secondary N) is 2. The van der Waals surface area contributed by atoms with Crippen LogP contribution < -0.4 is 10.6 Å². The molecule has 2 aromatic carbocycles. The first kappa shape index (κ1) is 20.2. The fraction of sp³-hybridized carbons (Fsp3) is 0.0476. The monoisotopic (exact) mass is 454 g/mol. The van der Waals surface area contributed by atoms with Crippen molar-refractivity contribution in [3.8, 4) is 10.6 Å². The molecule has 30 heavy (non-hydrogen) atoms. The van der Waals surface area contributed by atoms with Crippen molar-refractivity contribution in [1.29, 1.82) is 0 Å². The molecule has 2 aromatic heterocycles. The van der Waals surface area contributed by atoms with E-state index in [2.05, 4.69) is 20.6 Å². The Morgan fingerprint density at radius 1 is 1.03 bits per heavy atom. The molecule has 0 saturated carbocycles. The molecule has 2 N–H and O–H groups in total. The number of amides is 2. The van der Waals surface area contributed by atoms with Crippen molar-refractivity contribution in [2.24, 2.45) is 0 Å². The Morgan fingerprint density at radius 2 is 1.83 bits per heavy atom. The Labute approximate surface area is 185 Å². The highest BCUT2D eigenvalue weighted by Crippen LogP contribution is 2.30. The van der Waals surface area contributed by atoms with Crippen LogP contribution in [0.4, 0.5) is 10.8 Å². The summed E-state index contributed by atoms with van der Waals surface area (Å²) in [5, 5.41) is 9.24. The highest BCUT2D eigenvalue weighted by atomic mass is 35.5. The first-order valence-electron chi connectivity index (χ1n) is 8.85. The van der Waals surface area contributed by atoms with Gasteiger partial charge in [0.15, 0.2) is 5.13 Å². The Morgan fingerprint density at radius 3 is 2.53 bits per heavy atom. The molecular weight excluding hydrogens is 440 g/mol. The summed E-state index contributed by atoms with van der Waals surface area (Å²) in [6.07, 6.45) is 1.62. The number of hydrogen-bond donors (Lipinski definition) is 2. The molecular formula is C21H15ClN4O2S2. The minimum atomic E-state index is -0.257. The van der Waals surface area contributed by atoms with Crippen molar-refractivity contribution >= 4 is 56.9 Å². The van der Waals surface area contributed by atoms with E-state index in [0.29, 0.717) is 32.0 Å². The first-order valence-corrected chi connectivity index (χ1v) is 10.9. The van der Waals surface area contributed by atoms with Crippen molar-refractivity contribution in [2.45, 2.75) is 6.92 Å². The molecule has 0 fully saturated rings. The lowest BCUT2D eigenvalue weighted by molar-refractivity contribution is 0.102. The maximum Gasteiger partial charge on any atom is 0.267 e. The lowest BCUT2D eigenvalue weighted by atomic mass is 10.2. The average Bonchev–Trinajstić information content (AvgIpc) is 3.38. The summed E-state index contributed by atoms with van der Waals surface area (Å²) in [6, 6.07) is 14.0. The quantitative estimate of drug-likeness (QED) is 0.403. The summed E-state index contributed by atoms with van der Waals surface area (Å²) < 4.78 is 0. The van der Waals surface area contributed by atoms with Crippen LogP contribution in [0.5, 0.6) is 0 Å². The molecule has 4 rings (SSSR count). The number of aryl methyl sites for hydroxylation is 1. The van der Waals surface area contributed by atoms with Gasteiger partial charge in [0, 0.05) is 33.4 Å². The SMILES string of the molecule is Cc1nc(-c2cccc(Cl)c2)sc1C(=O)Nc1ccc(C(=O)Nc2nccs2)cc1. The van der Waals surface area contributed by atoms with Crippen LogP contribution in [0.15, 0.2) is 60.1 Å². The molecule has 0 aliphatic carbocycles. The Hall–Kier alpha value is -3.07. The molecule has 0 aliphatic rings. The molecule has 4 aromatic rings. The molecule has 0 aliphatic heterocycles. The highest BCUT2D eigenvalue weighted by molar-refractivity contribution is 7.17. The largest absolute Gasteiger partial charge is 0.321 e. The molecule has 0 bridgehead atoms. The Balaban J connectivity index is 1.46. The normalized spacial score (nSPS) is 10.6. The molecule has 0 atom stereocenters. The van der Waals surface area contributed by atoms with E-state index >= 15 is 0 Å². The van der Waals surface area contributed by atoms with Gasteiger partial charge in [-0.05, 0) is 43.3 Å². The molecule has 0 unspecified atom stereocenters. The molecule has 0 saturated heterocycles. The summed E-state index contributed by atoms with van der Waals surface area (Å²) in [6.45, 7) is 1.80. The number of carbonyl (C=O) groups is 2. The zero-order valence-electron chi connectivity index (χ0n) is 15.7. The predicted octanol–water partition coefficient (Wildman–Crippen LogP) is 5.73. The van der Waals surface area contributed by atoms with E-state index in [9.17, 15) is 9.59 Å². The lowest BCUT2D eigenvalue weighted by Crippen LogP contribution is -2.13. The smallest absolute Gasteiger partial charge is 0.267 e. The molecule has 0 spiro atoms. The number of benzene rings is 2. The number of nitrogens with zero attached hydrogens (tertiary/aromatic N) is 2. The second-order valence-corrected chi connectivity index (χ2v) is 8.60. The number of aromatic nitrogens is 2. The minimum absolute atomic E-state index is 0.252. The van der Waals surface area contributed by atoms with E-state index in [1.54, 1.807) is 48.8 Å². The number of hydrogen-bond acceptors (Lipinski definition) is 6. The molecule has 6 nitrogen and oxygen atoms in total. The average molecular weight is 455 g/mol. The number of anilines is 2. The van der Waals surface area contributed by atoms with Gasteiger partial charge in [-0.2, -0.15) is 0 Å². The van der Waals surface area contributed by atoms with Crippen molar-refractivity contribution in [2.75, 3.05) is 10.6 Å². The highest BCUT2D eigenvalue weighted by Gasteiger charge is 2.17. The zero-order valence-corrected chi connectivity index (χ0v) is 18.1. The van der Waals surface area contributed by atoms with Crippen LogP contribution in [0.2, 0.25) is 5.02 Å². The summed E-state index contributed by atoms with van der Waals surface area (Å²) in [5.74, 6) is -0.509. The van der Waals surface area contributed by atoms with Crippen molar-refractivity contribution in [1.82, 2.24) is 9.97 Å². The number of carbonyl (C=O) groups excluding carboxylic acids is 2. The van der Waals surface area contributed by atoms with Gasteiger partial charge in [-0.1, -0.05) is 23.7 Å². The van der Waals surface area contributed by atoms with Gasteiger partial charge in [0.2, 0.25) is 0 Å². The van der Waals surface area contributed by atoms with E-state index < -0.39 is 0 Å². The van der Waals surface area contributed by atoms with Gasteiger partial charge in [0.05, 0.1) is 5.69 Å². The van der Waals surface area contributed by atoms with Gasteiger partial charge in [-0.3, -0.25) is 14.9 Å². The van der Waals surface area contributed by atoms with E-state index in [1.807, 2.05) is 18.2 Å². The van der Waals surface area contributed by atoms with Gasteiger partial charge in [0.1, 0.15) is 9.88 Å². The van der Waals surface area contributed by atoms with Gasteiger partial charge in [-0.25, -0.2) is 9.97 Å². The summed E-state index contributed by atoms with van der Waals surface area (Å²) in [4.78, 5) is 34.0. The van der Waals surface area contributed by atoms with E-state index in [4.69, 9.17) is 11.6 Å². The van der Waals surface area contributed by atoms with Gasteiger partial charge in [-0.15, -0.1) is 22.7 Å².